The first-order valence-electron chi connectivity index (χ1n) is 13.5. The summed E-state index contributed by atoms with van der Waals surface area (Å²) in [7, 11) is -2.06. The molecule has 4 aliphatic rings. The predicted molar refractivity (Wildman–Crippen MR) is 142 cm³/mol. The minimum atomic E-state index is -3.72. The summed E-state index contributed by atoms with van der Waals surface area (Å²) in [4.78, 5) is 15.2. The van der Waals surface area contributed by atoms with Crippen LogP contribution in [0.4, 0.5) is 0 Å². The first-order valence-corrected chi connectivity index (χ1v) is 14.9. The van der Waals surface area contributed by atoms with Crippen molar-refractivity contribution in [1.29, 1.82) is 0 Å². The summed E-state index contributed by atoms with van der Waals surface area (Å²) in [6.07, 6.45) is 8.47. The van der Waals surface area contributed by atoms with Gasteiger partial charge < -0.3 is 14.6 Å². The molecule has 2 aromatic rings. The van der Waals surface area contributed by atoms with Crippen molar-refractivity contribution in [3.05, 3.63) is 65.2 Å². The lowest BCUT2D eigenvalue weighted by molar-refractivity contribution is 0.0809. The van der Waals surface area contributed by atoms with Crippen LogP contribution >= 0.6 is 0 Å². The summed E-state index contributed by atoms with van der Waals surface area (Å²) in [5.41, 5.74) is 2.50. The summed E-state index contributed by atoms with van der Waals surface area (Å²) < 4.78 is 38.5. The molecular weight excluding hydrogens is 504 g/mol. The number of nitrogens with zero attached hydrogens (tertiary/aromatic N) is 2. The van der Waals surface area contributed by atoms with Crippen LogP contribution in [0, 0.1) is 0 Å². The monoisotopic (exact) mass is 538 g/mol. The second kappa shape index (κ2) is 9.70. The maximum absolute atomic E-state index is 12.7. The normalized spacial score (nSPS) is 26.9. The Morgan fingerprint density at radius 1 is 1.11 bits per heavy atom. The Balaban J connectivity index is 1.06. The fraction of sp³-hybridized carbons (Fsp3) is 0.483. The van der Waals surface area contributed by atoms with E-state index < -0.39 is 22.0 Å². The lowest BCUT2D eigenvalue weighted by Gasteiger charge is -2.35. The van der Waals surface area contributed by atoms with Crippen LogP contribution in [-0.2, 0) is 22.0 Å². The van der Waals surface area contributed by atoms with Gasteiger partial charge in [0.15, 0.2) is 11.5 Å². The minimum Gasteiger partial charge on any atom is -0.493 e. The van der Waals surface area contributed by atoms with E-state index in [2.05, 4.69) is 17.0 Å². The molecule has 3 atom stereocenters. The van der Waals surface area contributed by atoms with E-state index >= 15 is 0 Å². The van der Waals surface area contributed by atoms with Crippen molar-refractivity contribution in [3.63, 3.8) is 0 Å². The van der Waals surface area contributed by atoms with Crippen molar-refractivity contribution in [2.75, 3.05) is 26.7 Å². The van der Waals surface area contributed by atoms with Crippen LogP contribution in [0.3, 0.4) is 0 Å². The molecule has 0 bridgehead atoms. The standard InChI is InChI=1S/C29H34N2O6S/c1-36-23-11-10-20-19-30(17-14-29-13-12-21(32)18-25(29)37-27(23)26(20)29)15-6-2-3-7-16-31-28(33)22-8-4-5-9-24(22)38(31,34)35/h4-5,8-13,21,25,32H,2-3,6-7,14-19H2,1H3/t21-,25-,29-/m0/s1. The first kappa shape index (κ1) is 25.4. The predicted octanol–water partition coefficient (Wildman–Crippen LogP) is 3.63. The van der Waals surface area contributed by atoms with Gasteiger partial charge in [-0.05, 0) is 56.1 Å². The summed E-state index contributed by atoms with van der Waals surface area (Å²) in [6.45, 7) is 2.93. The SMILES string of the molecule is COc1ccc2c3c1O[C@H]1C[C@@H](O)C=C[C@@]31CCN(CCCCCCN1C(=O)c3ccccc3S1(=O)=O)C2. The van der Waals surface area contributed by atoms with Gasteiger partial charge in [-0.3, -0.25) is 9.69 Å². The third-order valence-electron chi connectivity index (χ3n) is 8.53. The maximum atomic E-state index is 12.7. The average Bonchev–Trinajstić information content (AvgIpc) is 3.26. The van der Waals surface area contributed by atoms with Crippen molar-refractivity contribution >= 4 is 15.9 Å². The van der Waals surface area contributed by atoms with Gasteiger partial charge in [0.1, 0.15) is 11.0 Å². The molecule has 3 aliphatic heterocycles. The van der Waals surface area contributed by atoms with Crippen molar-refractivity contribution in [2.24, 2.45) is 0 Å². The van der Waals surface area contributed by atoms with E-state index in [1.54, 1.807) is 25.3 Å². The van der Waals surface area contributed by atoms with Gasteiger partial charge in [0, 0.05) is 25.1 Å². The molecule has 38 heavy (non-hydrogen) atoms. The lowest BCUT2D eigenvalue weighted by Crippen LogP contribution is -2.43. The summed E-state index contributed by atoms with van der Waals surface area (Å²) in [5.74, 6) is 1.15. The summed E-state index contributed by atoms with van der Waals surface area (Å²) in [5, 5.41) is 10.3. The van der Waals surface area contributed by atoms with E-state index in [0.29, 0.717) is 12.8 Å². The highest BCUT2D eigenvalue weighted by Crippen LogP contribution is 2.55. The Kier molecular flexibility index (Phi) is 6.48. The van der Waals surface area contributed by atoms with E-state index in [0.717, 1.165) is 61.1 Å². The van der Waals surface area contributed by atoms with Gasteiger partial charge >= 0.3 is 0 Å². The zero-order valence-corrected chi connectivity index (χ0v) is 22.5. The molecule has 6 rings (SSSR count). The molecule has 2 aromatic carbocycles. The number of ether oxygens (including phenoxy) is 2. The van der Waals surface area contributed by atoms with Crippen molar-refractivity contribution in [1.82, 2.24) is 9.21 Å². The molecule has 1 N–H and O–H groups in total. The van der Waals surface area contributed by atoms with Gasteiger partial charge in [0.2, 0.25) is 0 Å². The molecule has 8 nitrogen and oxygen atoms in total. The smallest absolute Gasteiger partial charge is 0.269 e. The van der Waals surface area contributed by atoms with Gasteiger partial charge in [0.05, 0.1) is 24.2 Å². The van der Waals surface area contributed by atoms with Crippen molar-refractivity contribution in [3.8, 4) is 11.5 Å². The third kappa shape index (κ3) is 4.03. The second-order valence-electron chi connectivity index (χ2n) is 10.8. The van der Waals surface area contributed by atoms with E-state index in [-0.39, 0.29) is 28.5 Å². The maximum Gasteiger partial charge on any atom is 0.269 e. The van der Waals surface area contributed by atoms with Crippen molar-refractivity contribution in [2.45, 2.75) is 67.6 Å². The Labute approximate surface area is 223 Å². The van der Waals surface area contributed by atoms with Crippen LogP contribution in [0.25, 0.3) is 0 Å². The molecule has 1 spiro atoms. The van der Waals surface area contributed by atoms with Gasteiger partial charge in [0.25, 0.3) is 15.9 Å². The van der Waals surface area contributed by atoms with Crippen LogP contribution < -0.4 is 9.47 Å². The number of unbranched alkanes of at least 4 members (excludes halogenated alkanes) is 3. The van der Waals surface area contributed by atoms with E-state index in [1.807, 2.05) is 12.1 Å². The molecule has 3 heterocycles. The Hall–Kier alpha value is -2.88. The molecule has 9 heteroatoms. The number of aliphatic hydroxyl groups excluding tert-OH is 1. The summed E-state index contributed by atoms with van der Waals surface area (Å²) in [6, 6.07) is 10.6. The van der Waals surface area contributed by atoms with E-state index in [1.165, 1.54) is 17.2 Å². The topological polar surface area (TPSA) is 96.4 Å². The van der Waals surface area contributed by atoms with Crippen LogP contribution in [0.2, 0.25) is 0 Å². The molecule has 1 amide bonds. The highest BCUT2D eigenvalue weighted by molar-refractivity contribution is 7.90. The number of sulfonamides is 1. The molecule has 0 radical (unpaired) electrons. The van der Waals surface area contributed by atoms with Gasteiger partial charge in [-0.15, -0.1) is 0 Å². The van der Waals surface area contributed by atoms with Crippen LogP contribution in [0.15, 0.2) is 53.4 Å². The van der Waals surface area contributed by atoms with Gasteiger partial charge in [-0.2, -0.15) is 0 Å². The number of benzene rings is 2. The van der Waals surface area contributed by atoms with Crippen molar-refractivity contribution < 1.29 is 27.8 Å². The zero-order chi connectivity index (χ0) is 26.5. The molecule has 0 saturated heterocycles. The minimum absolute atomic E-state index is 0.0942. The van der Waals surface area contributed by atoms with E-state index in [9.17, 15) is 18.3 Å². The molecule has 202 valence electrons. The number of carbonyl (C=O) groups is 1. The third-order valence-corrected chi connectivity index (χ3v) is 10.4. The van der Waals surface area contributed by atoms with Gasteiger partial charge in [-0.25, -0.2) is 12.7 Å². The molecule has 0 unspecified atom stereocenters. The highest BCUT2D eigenvalue weighted by Gasteiger charge is 2.52. The molecule has 0 saturated carbocycles. The zero-order valence-electron chi connectivity index (χ0n) is 21.6. The molecule has 0 aromatic heterocycles. The molecule has 1 aliphatic carbocycles. The number of amides is 1. The Bertz CT molecular complexity index is 1390. The fourth-order valence-corrected chi connectivity index (χ4v) is 8.19. The van der Waals surface area contributed by atoms with E-state index in [4.69, 9.17) is 9.47 Å². The number of rotatable bonds is 8. The largest absolute Gasteiger partial charge is 0.493 e. The lowest BCUT2D eigenvalue weighted by atomic mass is 9.69. The van der Waals surface area contributed by atoms with Crippen LogP contribution in [-0.4, -0.2) is 67.6 Å². The average molecular weight is 539 g/mol. The number of aliphatic hydroxyl groups is 1. The summed E-state index contributed by atoms with van der Waals surface area (Å²) >= 11 is 0. The number of carbonyl (C=O) groups excluding carboxylic acids is 1. The number of hydrogen-bond acceptors (Lipinski definition) is 7. The highest BCUT2D eigenvalue weighted by atomic mass is 32.2. The van der Waals surface area contributed by atoms with Crippen LogP contribution in [0.5, 0.6) is 11.5 Å². The van der Waals surface area contributed by atoms with Crippen LogP contribution in [0.1, 0.15) is 60.0 Å². The quantitative estimate of drug-likeness (QED) is 0.405. The fourth-order valence-electron chi connectivity index (χ4n) is 6.58. The number of methoxy groups -OCH3 is 1. The first-order chi connectivity index (χ1) is 18.3. The number of fused-ring (bicyclic) bond motifs is 1. The molecule has 0 fully saturated rings. The molecular formula is C29H34N2O6S. The Morgan fingerprint density at radius 3 is 2.68 bits per heavy atom. The Morgan fingerprint density at radius 2 is 1.89 bits per heavy atom. The second-order valence-corrected chi connectivity index (χ2v) is 12.6. The van der Waals surface area contributed by atoms with Gasteiger partial charge in [-0.1, -0.05) is 43.2 Å². The number of hydrogen-bond donors (Lipinski definition) is 1.